The topological polar surface area (TPSA) is 76.7 Å². The van der Waals surface area contributed by atoms with Crippen LogP contribution in [0.3, 0.4) is 0 Å². The lowest BCUT2D eigenvalue weighted by Gasteiger charge is -2.11. The lowest BCUT2D eigenvalue weighted by atomic mass is 10.1. The average molecular weight is 425 g/mol. The molecule has 6 nitrogen and oxygen atoms in total. The molecule has 2 amide bonds. The first-order valence-corrected chi connectivity index (χ1v) is 9.61. The predicted octanol–water partition coefficient (Wildman–Crippen LogP) is 4.55. The normalized spacial score (nSPS) is 10.2. The van der Waals surface area contributed by atoms with E-state index in [9.17, 15) is 9.59 Å². The zero-order valence-electron chi connectivity index (χ0n) is 16.4. The van der Waals surface area contributed by atoms with Gasteiger partial charge in [-0.05, 0) is 48.0 Å². The van der Waals surface area contributed by atoms with Gasteiger partial charge in [0.15, 0.2) is 18.1 Å². The molecule has 0 atom stereocenters. The maximum absolute atomic E-state index is 12.3. The van der Waals surface area contributed by atoms with Gasteiger partial charge in [0, 0.05) is 16.4 Å². The van der Waals surface area contributed by atoms with Crippen molar-refractivity contribution in [1.82, 2.24) is 0 Å². The molecule has 3 aromatic carbocycles. The molecule has 0 aromatic heterocycles. The Kier molecular flexibility index (Phi) is 7.29. The smallest absolute Gasteiger partial charge is 0.262 e. The van der Waals surface area contributed by atoms with Gasteiger partial charge in [0.05, 0.1) is 13.5 Å². The largest absolute Gasteiger partial charge is 0.493 e. The number of para-hydroxylation sites is 2. The standard InChI is InChI=1S/C23H21ClN2O4/c1-29-20-7-2-3-8-21(20)30-15-23(28)26-19-6-4-5-18(14-19)25-22(27)13-16-9-11-17(24)12-10-16/h2-12,14H,13,15H2,1H3,(H,25,27)(H,26,28). The fraction of sp³-hybridized carbons (Fsp3) is 0.130. The van der Waals surface area contributed by atoms with E-state index < -0.39 is 0 Å². The van der Waals surface area contributed by atoms with Crippen LogP contribution >= 0.6 is 11.6 Å². The van der Waals surface area contributed by atoms with Crippen LogP contribution in [0.25, 0.3) is 0 Å². The first-order chi connectivity index (χ1) is 14.5. The third kappa shape index (κ3) is 6.25. The van der Waals surface area contributed by atoms with E-state index in [-0.39, 0.29) is 24.8 Å². The Morgan fingerprint density at radius 1 is 0.833 bits per heavy atom. The summed E-state index contributed by atoms with van der Waals surface area (Å²) >= 11 is 5.86. The number of hydrogen-bond donors (Lipinski definition) is 2. The van der Waals surface area contributed by atoms with Crippen LogP contribution in [0.1, 0.15) is 5.56 Å². The first-order valence-electron chi connectivity index (χ1n) is 9.23. The molecule has 7 heteroatoms. The molecule has 0 bridgehead atoms. The zero-order chi connectivity index (χ0) is 21.3. The van der Waals surface area contributed by atoms with Crippen LogP contribution in [0.2, 0.25) is 5.02 Å². The second-order valence-electron chi connectivity index (χ2n) is 6.42. The van der Waals surface area contributed by atoms with Crippen molar-refractivity contribution in [2.45, 2.75) is 6.42 Å². The summed E-state index contributed by atoms with van der Waals surface area (Å²) in [6.45, 7) is -0.173. The Labute approximate surface area is 179 Å². The minimum absolute atomic E-state index is 0.166. The molecule has 2 N–H and O–H groups in total. The van der Waals surface area contributed by atoms with Crippen LogP contribution in [0.4, 0.5) is 11.4 Å². The number of benzene rings is 3. The molecule has 0 fully saturated rings. The molecule has 0 saturated carbocycles. The fourth-order valence-corrected chi connectivity index (χ4v) is 2.87. The molecule has 3 aromatic rings. The number of hydrogen-bond acceptors (Lipinski definition) is 4. The summed E-state index contributed by atoms with van der Waals surface area (Å²) in [6.07, 6.45) is 0.223. The fourth-order valence-electron chi connectivity index (χ4n) is 2.75. The molecule has 154 valence electrons. The Balaban J connectivity index is 1.53. The quantitative estimate of drug-likeness (QED) is 0.556. The number of anilines is 2. The van der Waals surface area contributed by atoms with Crippen molar-refractivity contribution in [3.05, 3.63) is 83.4 Å². The van der Waals surface area contributed by atoms with Crippen LogP contribution in [0.15, 0.2) is 72.8 Å². The Bertz CT molecular complexity index is 1020. The van der Waals surface area contributed by atoms with E-state index in [1.54, 1.807) is 66.7 Å². The van der Waals surface area contributed by atoms with E-state index in [0.29, 0.717) is 27.9 Å². The van der Waals surface area contributed by atoms with E-state index in [0.717, 1.165) is 5.56 Å². The second kappa shape index (κ2) is 10.3. The summed E-state index contributed by atoms with van der Waals surface area (Å²) in [5.74, 6) is 0.542. The molecule has 0 aliphatic carbocycles. The van der Waals surface area contributed by atoms with Gasteiger partial charge in [0.1, 0.15) is 0 Å². The van der Waals surface area contributed by atoms with Gasteiger partial charge < -0.3 is 20.1 Å². The van der Waals surface area contributed by atoms with Gasteiger partial charge in [0.2, 0.25) is 5.91 Å². The minimum atomic E-state index is -0.328. The first kappa shape index (κ1) is 21.2. The third-order valence-corrected chi connectivity index (χ3v) is 4.39. The van der Waals surface area contributed by atoms with E-state index in [1.165, 1.54) is 7.11 Å². The summed E-state index contributed by atoms with van der Waals surface area (Å²) in [5.41, 5.74) is 1.99. The number of amides is 2. The van der Waals surface area contributed by atoms with E-state index in [4.69, 9.17) is 21.1 Å². The Morgan fingerprint density at radius 2 is 1.47 bits per heavy atom. The van der Waals surface area contributed by atoms with Crippen molar-refractivity contribution in [2.75, 3.05) is 24.4 Å². The molecule has 3 rings (SSSR count). The SMILES string of the molecule is COc1ccccc1OCC(=O)Nc1cccc(NC(=O)Cc2ccc(Cl)cc2)c1. The molecule has 30 heavy (non-hydrogen) atoms. The second-order valence-corrected chi connectivity index (χ2v) is 6.86. The van der Waals surface area contributed by atoms with Gasteiger partial charge in [-0.1, -0.05) is 41.9 Å². The zero-order valence-corrected chi connectivity index (χ0v) is 17.1. The summed E-state index contributed by atoms with van der Waals surface area (Å²) in [4.78, 5) is 24.5. The number of carbonyl (C=O) groups is 2. The minimum Gasteiger partial charge on any atom is -0.493 e. The predicted molar refractivity (Wildman–Crippen MR) is 117 cm³/mol. The van der Waals surface area contributed by atoms with Crippen LogP contribution in [0.5, 0.6) is 11.5 Å². The molecule has 0 heterocycles. The third-order valence-electron chi connectivity index (χ3n) is 4.14. The highest BCUT2D eigenvalue weighted by Gasteiger charge is 2.09. The van der Waals surface area contributed by atoms with Gasteiger partial charge in [0.25, 0.3) is 5.91 Å². The van der Waals surface area contributed by atoms with Crippen molar-refractivity contribution in [2.24, 2.45) is 0 Å². The van der Waals surface area contributed by atoms with Crippen molar-refractivity contribution < 1.29 is 19.1 Å². The molecule has 0 aliphatic rings. The molecule has 0 spiro atoms. The van der Waals surface area contributed by atoms with Crippen LogP contribution in [-0.2, 0) is 16.0 Å². The summed E-state index contributed by atoms with van der Waals surface area (Å²) in [7, 11) is 1.54. The number of halogens is 1. The number of methoxy groups -OCH3 is 1. The van der Waals surface area contributed by atoms with E-state index in [2.05, 4.69) is 10.6 Å². The van der Waals surface area contributed by atoms with Crippen molar-refractivity contribution in [3.63, 3.8) is 0 Å². The highest BCUT2D eigenvalue weighted by atomic mass is 35.5. The average Bonchev–Trinajstić information content (AvgIpc) is 2.74. The highest BCUT2D eigenvalue weighted by molar-refractivity contribution is 6.30. The van der Waals surface area contributed by atoms with Crippen molar-refractivity contribution in [3.8, 4) is 11.5 Å². The molecule has 0 saturated heterocycles. The summed E-state index contributed by atoms with van der Waals surface area (Å²) in [6, 6.07) is 21.1. The van der Waals surface area contributed by atoms with Gasteiger partial charge in [-0.3, -0.25) is 9.59 Å². The number of rotatable bonds is 8. The number of carbonyl (C=O) groups excluding carboxylic acids is 2. The Morgan fingerprint density at radius 3 is 2.13 bits per heavy atom. The molecule has 0 radical (unpaired) electrons. The number of ether oxygens (including phenoxy) is 2. The van der Waals surface area contributed by atoms with E-state index in [1.807, 2.05) is 6.07 Å². The highest BCUT2D eigenvalue weighted by Crippen LogP contribution is 2.25. The molecule has 0 aliphatic heterocycles. The van der Waals surface area contributed by atoms with Gasteiger partial charge in [-0.25, -0.2) is 0 Å². The van der Waals surface area contributed by atoms with Crippen LogP contribution in [0, 0.1) is 0 Å². The van der Waals surface area contributed by atoms with Crippen LogP contribution in [-0.4, -0.2) is 25.5 Å². The van der Waals surface area contributed by atoms with Gasteiger partial charge in [-0.15, -0.1) is 0 Å². The Hall–Kier alpha value is -3.51. The number of nitrogens with one attached hydrogen (secondary N) is 2. The van der Waals surface area contributed by atoms with Crippen molar-refractivity contribution in [1.29, 1.82) is 0 Å². The van der Waals surface area contributed by atoms with E-state index >= 15 is 0 Å². The summed E-state index contributed by atoms with van der Waals surface area (Å²) in [5, 5.41) is 6.19. The maximum atomic E-state index is 12.3. The van der Waals surface area contributed by atoms with Gasteiger partial charge in [-0.2, -0.15) is 0 Å². The molecule has 0 unspecified atom stereocenters. The monoisotopic (exact) mass is 424 g/mol. The van der Waals surface area contributed by atoms with Gasteiger partial charge >= 0.3 is 0 Å². The van der Waals surface area contributed by atoms with Crippen molar-refractivity contribution >= 4 is 34.8 Å². The maximum Gasteiger partial charge on any atom is 0.262 e. The van der Waals surface area contributed by atoms with Crippen LogP contribution < -0.4 is 20.1 Å². The lowest BCUT2D eigenvalue weighted by molar-refractivity contribution is -0.118. The molecular formula is C23H21ClN2O4. The lowest BCUT2D eigenvalue weighted by Crippen LogP contribution is -2.20. The summed E-state index contributed by atoms with van der Waals surface area (Å²) < 4.78 is 10.7. The molecular weight excluding hydrogens is 404 g/mol.